The van der Waals surface area contributed by atoms with Crippen molar-refractivity contribution in [1.82, 2.24) is 10.3 Å². The summed E-state index contributed by atoms with van der Waals surface area (Å²) >= 11 is 5.57. The monoisotopic (exact) mass is 401 g/mol. The maximum absolute atomic E-state index is 13.4. The molecule has 0 saturated carbocycles. The van der Waals surface area contributed by atoms with Crippen molar-refractivity contribution >= 4 is 35.1 Å². The molecule has 0 atom stereocenters. The van der Waals surface area contributed by atoms with E-state index >= 15 is 0 Å². The predicted octanol–water partition coefficient (Wildman–Crippen LogP) is 2.06. The highest BCUT2D eigenvalue weighted by molar-refractivity contribution is 6.29. The summed E-state index contributed by atoms with van der Waals surface area (Å²) in [5, 5.41) is 4.25. The zero-order valence-electron chi connectivity index (χ0n) is 13.4. The minimum absolute atomic E-state index is 0.0683. The first-order valence-corrected chi connectivity index (χ1v) is 7.64. The first-order chi connectivity index (χ1) is 12.8. The third kappa shape index (κ3) is 5.68. The third-order valence-electron chi connectivity index (χ3n) is 3.05. The van der Waals surface area contributed by atoms with Crippen LogP contribution < -0.4 is 10.6 Å². The molecule has 2 rings (SSSR count). The first kappa shape index (κ1) is 20.2. The molecule has 0 fully saturated rings. The molecule has 7 nitrogen and oxygen atoms in total. The van der Waals surface area contributed by atoms with Crippen LogP contribution in [0.3, 0.4) is 0 Å². The molecule has 2 amide bonds. The zero-order chi connectivity index (χ0) is 20.0. The maximum Gasteiger partial charge on any atom is 0.340 e. The Labute approximate surface area is 155 Å². The second-order valence-electron chi connectivity index (χ2n) is 4.99. The minimum atomic E-state index is -1.74. The molecular formula is C16H11ClF3N3O4. The van der Waals surface area contributed by atoms with Crippen molar-refractivity contribution in [3.05, 3.63) is 58.6 Å². The lowest BCUT2D eigenvalue weighted by Gasteiger charge is -2.09. The molecule has 0 aliphatic heterocycles. The topological polar surface area (TPSA) is 97.4 Å². The summed E-state index contributed by atoms with van der Waals surface area (Å²) in [7, 11) is 0. The van der Waals surface area contributed by atoms with Crippen LogP contribution in [0, 0.1) is 17.5 Å². The van der Waals surface area contributed by atoms with E-state index in [1.165, 1.54) is 12.1 Å². The van der Waals surface area contributed by atoms with E-state index in [9.17, 15) is 27.6 Å². The molecule has 0 aliphatic carbocycles. The van der Waals surface area contributed by atoms with Crippen molar-refractivity contribution in [2.24, 2.45) is 0 Å². The number of pyridine rings is 1. The fraction of sp³-hybridized carbons (Fsp3) is 0.125. The fourth-order valence-electron chi connectivity index (χ4n) is 1.76. The number of esters is 1. The van der Waals surface area contributed by atoms with Crippen LogP contribution in [0.5, 0.6) is 0 Å². The molecular weight excluding hydrogens is 391 g/mol. The van der Waals surface area contributed by atoms with Gasteiger partial charge in [0.05, 0.1) is 17.8 Å². The first-order valence-electron chi connectivity index (χ1n) is 7.26. The van der Waals surface area contributed by atoms with E-state index in [1.54, 1.807) is 0 Å². The number of hydrogen-bond donors (Lipinski definition) is 2. The Kier molecular flexibility index (Phi) is 6.72. The van der Waals surface area contributed by atoms with Crippen LogP contribution in [0.2, 0.25) is 5.15 Å². The number of hydrogen-bond acceptors (Lipinski definition) is 5. The lowest BCUT2D eigenvalue weighted by Crippen LogP contribution is -2.35. The van der Waals surface area contributed by atoms with Gasteiger partial charge >= 0.3 is 5.97 Å². The summed E-state index contributed by atoms with van der Waals surface area (Å²) in [6, 6.07) is 4.17. The lowest BCUT2D eigenvalue weighted by atomic mass is 10.2. The average molecular weight is 402 g/mol. The largest absolute Gasteiger partial charge is 0.452 e. The molecule has 0 unspecified atom stereocenters. The number of amides is 2. The number of anilines is 1. The van der Waals surface area contributed by atoms with Gasteiger partial charge in [-0.05, 0) is 24.3 Å². The normalized spacial score (nSPS) is 10.2. The Bertz CT molecular complexity index is 878. The van der Waals surface area contributed by atoms with Gasteiger partial charge < -0.3 is 15.4 Å². The maximum atomic E-state index is 13.4. The van der Waals surface area contributed by atoms with Crippen molar-refractivity contribution in [3.8, 4) is 0 Å². The number of nitrogens with one attached hydrogen (secondary N) is 2. The third-order valence-corrected chi connectivity index (χ3v) is 3.28. The minimum Gasteiger partial charge on any atom is -0.452 e. The zero-order valence-corrected chi connectivity index (χ0v) is 14.1. The van der Waals surface area contributed by atoms with Crippen molar-refractivity contribution in [2.75, 3.05) is 18.5 Å². The van der Waals surface area contributed by atoms with Gasteiger partial charge in [0.25, 0.3) is 5.91 Å². The smallest absolute Gasteiger partial charge is 0.340 e. The molecule has 142 valence electrons. The number of halogens is 4. The fourth-order valence-corrected chi connectivity index (χ4v) is 1.87. The highest BCUT2D eigenvalue weighted by Gasteiger charge is 2.16. The number of carbonyl (C=O) groups is 3. The van der Waals surface area contributed by atoms with Crippen LogP contribution in [0.15, 0.2) is 30.5 Å². The van der Waals surface area contributed by atoms with Crippen LogP contribution in [0.25, 0.3) is 0 Å². The number of benzene rings is 1. The van der Waals surface area contributed by atoms with Crippen LogP contribution in [0.4, 0.5) is 18.9 Å². The molecule has 0 saturated heterocycles. The van der Waals surface area contributed by atoms with E-state index in [1.807, 2.05) is 5.32 Å². The van der Waals surface area contributed by atoms with Gasteiger partial charge in [-0.15, -0.1) is 0 Å². The quantitative estimate of drug-likeness (QED) is 0.439. The predicted molar refractivity (Wildman–Crippen MR) is 87.5 cm³/mol. The molecule has 2 N–H and O–H groups in total. The summed E-state index contributed by atoms with van der Waals surface area (Å²) in [5.41, 5.74) is -0.520. The molecule has 0 spiro atoms. The number of aromatic nitrogens is 1. The average Bonchev–Trinajstić information content (AvgIpc) is 2.65. The van der Waals surface area contributed by atoms with Crippen LogP contribution in [0.1, 0.15) is 10.4 Å². The molecule has 0 bridgehead atoms. The van der Waals surface area contributed by atoms with Crippen LogP contribution in [-0.2, 0) is 14.3 Å². The molecule has 1 heterocycles. The molecule has 11 heteroatoms. The van der Waals surface area contributed by atoms with E-state index in [2.05, 4.69) is 10.3 Å². The van der Waals surface area contributed by atoms with Crippen molar-refractivity contribution in [3.63, 3.8) is 0 Å². The highest BCUT2D eigenvalue weighted by Crippen LogP contribution is 2.19. The number of carbonyl (C=O) groups excluding carboxylic acids is 3. The van der Waals surface area contributed by atoms with Gasteiger partial charge in [0, 0.05) is 6.20 Å². The number of nitrogens with zero attached hydrogens (tertiary/aromatic N) is 1. The van der Waals surface area contributed by atoms with Gasteiger partial charge in [-0.1, -0.05) is 11.6 Å². The molecule has 2 aromatic rings. The second-order valence-corrected chi connectivity index (χ2v) is 5.38. The standard InChI is InChI=1S/C16H11ClF3N3O4/c17-11-4-1-8(5-21-11)16(26)27-7-13(25)22-6-12(24)23-10-3-2-9(18)14(19)15(10)20/h1-5H,6-7H2,(H,22,25)(H,23,24). The van der Waals surface area contributed by atoms with Crippen molar-refractivity contribution in [2.45, 2.75) is 0 Å². The van der Waals surface area contributed by atoms with Gasteiger partial charge in [0.2, 0.25) is 5.91 Å². The summed E-state index contributed by atoms with van der Waals surface area (Å²) < 4.78 is 44.0. The van der Waals surface area contributed by atoms with E-state index in [4.69, 9.17) is 16.3 Å². The van der Waals surface area contributed by atoms with Crippen LogP contribution in [-0.4, -0.2) is 35.9 Å². The summed E-state index contributed by atoms with van der Waals surface area (Å²) in [6.07, 6.45) is 1.16. The van der Waals surface area contributed by atoms with Gasteiger partial charge in [0.15, 0.2) is 24.1 Å². The van der Waals surface area contributed by atoms with Gasteiger partial charge in [-0.2, -0.15) is 0 Å². The molecule has 0 aliphatic rings. The van der Waals surface area contributed by atoms with Crippen molar-refractivity contribution in [1.29, 1.82) is 0 Å². The van der Waals surface area contributed by atoms with E-state index < -0.39 is 54.1 Å². The second kappa shape index (κ2) is 8.99. The number of ether oxygens (including phenoxy) is 1. The van der Waals surface area contributed by atoms with Crippen LogP contribution >= 0.6 is 11.6 Å². The van der Waals surface area contributed by atoms with Gasteiger partial charge in [-0.3, -0.25) is 9.59 Å². The Balaban J connectivity index is 1.78. The Morgan fingerprint density at radius 3 is 2.44 bits per heavy atom. The van der Waals surface area contributed by atoms with Gasteiger partial charge in [-0.25, -0.2) is 22.9 Å². The van der Waals surface area contributed by atoms with Crippen molar-refractivity contribution < 1.29 is 32.3 Å². The number of rotatable bonds is 6. The summed E-state index contributed by atoms with van der Waals surface area (Å²) in [6.45, 7) is -1.30. The Morgan fingerprint density at radius 1 is 1.04 bits per heavy atom. The van der Waals surface area contributed by atoms with Gasteiger partial charge in [0.1, 0.15) is 5.15 Å². The van der Waals surface area contributed by atoms with E-state index in [-0.39, 0.29) is 10.7 Å². The van der Waals surface area contributed by atoms with E-state index in [0.29, 0.717) is 6.07 Å². The lowest BCUT2D eigenvalue weighted by molar-refractivity contribution is -0.126. The molecule has 1 aromatic heterocycles. The SMILES string of the molecule is O=C(COC(=O)c1ccc(Cl)nc1)NCC(=O)Nc1ccc(F)c(F)c1F. The Morgan fingerprint density at radius 2 is 1.78 bits per heavy atom. The molecule has 27 heavy (non-hydrogen) atoms. The highest BCUT2D eigenvalue weighted by atomic mass is 35.5. The van der Waals surface area contributed by atoms with E-state index in [0.717, 1.165) is 12.3 Å². The Hall–Kier alpha value is -3.14. The molecule has 1 aromatic carbocycles. The summed E-state index contributed by atoms with van der Waals surface area (Å²) in [4.78, 5) is 38.5. The summed E-state index contributed by atoms with van der Waals surface area (Å²) in [5.74, 6) is -7.26. The molecule has 0 radical (unpaired) electrons.